The second-order valence-electron chi connectivity index (χ2n) is 4.96. The van der Waals surface area contributed by atoms with Crippen LogP contribution in [0, 0.1) is 0 Å². The van der Waals surface area contributed by atoms with Crippen molar-refractivity contribution in [2.75, 3.05) is 4.90 Å². The molecule has 0 saturated heterocycles. The van der Waals surface area contributed by atoms with E-state index in [1.165, 1.54) is 0 Å². The number of para-hydroxylation sites is 1. The number of fused-ring (bicyclic) bond motifs is 1. The number of carbonyl (C=O) groups is 2. The van der Waals surface area contributed by atoms with Crippen molar-refractivity contribution in [1.29, 1.82) is 0 Å². The van der Waals surface area contributed by atoms with Gasteiger partial charge in [-0.25, -0.2) is 0 Å². The average molecular weight is 300 g/mol. The number of thiophene rings is 1. The van der Waals surface area contributed by atoms with E-state index < -0.39 is 6.04 Å². The fourth-order valence-corrected chi connectivity index (χ4v) is 3.20. The van der Waals surface area contributed by atoms with E-state index in [1.54, 1.807) is 22.3 Å². The van der Waals surface area contributed by atoms with Crippen LogP contribution < -0.4 is 10.2 Å². The SMILES string of the molecule is CCC1NC(=O)c2ccccc2N(Cc2cccs2)C1=O. The van der Waals surface area contributed by atoms with Gasteiger partial charge < -0.3 is 10.2 Å². The molecule has 3 rings (SSSR count). The van der Waals surface area contributed by atoms with Gasteiger partial charge in [-0.05, 0) is 30.0 Å². The first-order valence-electron chi connectivity index (χ1n) is 6.94. The summed E-state index contributed by atoms with van der Waals surface area (Å²) in [6.07, 6.45) is 0.583. The normalized spacial score (nSPS) is 18.1. The van der Waals surface area contributed by atoms with Gasteiger partial charge in [0.25, 0.3) is 5.91 Å². The lowest BCUT2D eigenvalue weighted by molar-refractivity contribution is -0.120. The molecule has 0 bridgehead atoms. The number of amides is 2. The van der Waals surface area contributed by atoms with Gasteiger partial charge in [0.05, 0.1) is 17.8 Å². The Labute approximate surface area is 127 Å². The lowest BCUT2D eigenvalue weighted by Crippen LogP contribution is -2.45. The highest BCUT2D eigenvalue weighted by Gasteiger charge is 2.32. The lowest BCUT2D eigenvalue weighted by atomic mass is 10.1. The third kappa shape index (κ3) is 2.56. The fraction of sp³-hybridized carbons (Fsp3) is 0.250. The zero-order valence-electron chi connectivity index (χ0n) is 11.7. The molecular weight excluding hydrogens is 284 g/mol. The maximum absolute atomic E-state index is 12.7. The second kappa shape index (κ2) is 5.69. The molecule has 0 radical (unpaired) electrons. The molecule has 1 unspecified atom stereocenters. The van der Waals surface area contributed by atoms with Crippen molar-refractivity contribution in [3.8, 4) is 0 Å². The number of hydrogen-bond donors (Lipinski definition) is 1. The first kappa shape index (κ1) is 13.8. The van der Waals surface area contributed by atoms with E-state index in [1.807, 2.05) is 42.6 Å². The summed E-state index contributed by atoms with van der Waals surface area (Å²) in [7, 11) is 0. The summed E-state index contributed by atoms with van der Waals surface area (Å²) in [6.45, 7) is 2.40. The molecule has 1 aromatic carbocycles. The molecule has 1 atom stereocenters. The van der Waals surface area contributed by atoms with E-state index >= 15 is 0 Å². The minimum absolute atomic E-state index is 0.0517. The molecule has 1 aliphatic rings. The summed E-state index contributed by atoms with van der Waals surface area (Å²) in [5, 5.41) is 4.81. The predicted octanol–water partition coefficient (Wildman–Crippen LogP) is 2.80. The van der Waals surface area contributed by atoms with Crippen LogP contribution in [-0.4, -0.2) is 17.9 Å². The van der Waals surface area contributed by atoms with Gasteiger partial charge >= 0.3 is 0 Å². The lowest BCUT2D eigenvalue weighted by Gasteiger charge is -2.24. The Morgan fingerprint density at radius 2 is 2.00 bits per heavy atom. The molecule has 1 aromatic heterocycles. The van der Waals surface area contributed by atoms with Crippen LogP contribution >= 0.6 is 11.3 Å². The molecule has 0 saturated carbocycles. The van der Waals surface area contributed by atoms with E-state index in [-0.39, 0.29) is 11.8 Å². The third-order valence-electron chi connectivity index (χ3n) is 3.61. The highest BCUT2D eigenvalue weighted by molar-refractivity contribution is 7.09. The summed E-state index contributed by atoms with van der Waals surface area (Å²) in [4.78, 5) is 27.8. The maximum Gasteiger partial charge on any atom is 0.254 e. The summed E-state index contributed by atoms with van der Waals surface area (Å²) in [6, 6.07) is 10.8. The van der Waals surface area contributed by atoms with E-state index in [0.29, 0.717) is 24.2 Å². The molecule has 2 heterocycles. The van der Waals surface area contributed by atoms with Crippen LogP contribution in [0.25, 0.3) is 0 Å². The van der Waals surface area contributed by atoms with Crippen molar-refractivity contribution in [2.24, 2.45) is 0 Å². The van der Waals surface area contributed by atoms with Crippen molar-refractivity contribution < 1.29 is 9.59 Å². The quantitative estimate of drug-likeness (QED) is 0.947. The van der Waals surface area contributed by atoms with Gasteiger partial charge in [-0.15, -0.1) is 11.3 Å². The van der Waals surface area contributed by atoms with E-state index in [2.05, 4.69) is 5.32 Å². The molecule has 0 fully saturated rings. The van der Waals surface area contributed by atoms with Crippen LogP contribution in [0.5, 0.6) is 0 Å². The van der Waals surface area contributed by atoms with Crippen LogP contribution in [0.1, 0.15) is 28.6 Å². The smallest absolute Gasteiger partial charge is 0.254 e. The molecule has 0 spiro atoms. The molecule has 108 valence electrons. The van der Waals surface area contributed by atoms with Crippen LogP contribution in [0.3, 0.4) is 0 Å². The maximum atomic E-state index is 12.7. The average Bonchev–Trinajstić information content (AvgIpc) is 2.99. The summed E-state index contributed by atoms with van der Waals surface area (Å²) >= 11 is 1.61. The van der Waals surface area contributed by atoms with Gasteiger partial charge in [-0.1, -0.05) is 25.1 Å². The van der Waals surface area contributed by atoms with E-state index in [0.717, 1.165) is 4.88 Å². The van der Waals surface area contributed by atoms with Crippen LogP contribution in [-0.2, 0) is 11.3 Å². The molecule has 1 N–H and O–H groups in total. The van der Waals surface area contributed by atoms with Crippen molar-refractivity contribution in [1.82, 2.24) is 5.32 Å². The molecule has 1 aliphatic heterocycles. The van der Waals surface area contributed by atoms with Gasteiger partial charge in [-0.3, -0.25) is 9.59 Å². The Balaban J connectivity index is 2.06. The number of anilines is 1. The van der Waals surface area contributed by atoms with Gasteiger partial charge in [-0.2, -0.15) is 0 Å². The van der Waals surface area contributed by atoms with E-state index in [9.17, 15) is 9.59 Å². The number of carbonyl (C=O) groups excluding carboxylic acids is 2. The molecule has 0 aliphatic carbocycles. The summed E-state index contributed by atoms with van der Waals surface area (Å²) < 4.78 is 0. The molecule has 2 aromatic rings. The Bertz CT molecular complexity index is 667. The summed E-state index contributed by atoms with van der Waals surface area (Å²) in [5.74, 6) is -0.233. The van der Waals surface area contributed by atoms with Crippen LogP contribution in [0.15, 0.2) is 41.8 Å². The third-order valence-corrected chi connectivity index (χ3v) is 4.47. The number of benzene rings is 1. The molecular formula is C16H16N2O2S. The highest BCUT2D eigenvalue weighted by atomic mass is 32.1. The zero-order chi connectivity index (χ0) is 14.8. The summed E-state index contributed by atoms with van der Waals surface area (Å²) in [5.41, 5.74) is 1.24. The minimum Gasteiger partial charge on any atom is -0.340 e. The standard InChI is InChI=1S/C16H16N2O2S/c1-2-13-16(20)18(10-11-6-5-9-21-11)14-8-4-3-7-12(14)15(19)17-13/h3-9,13H,2,10H2,1H3,(H,17,19). The molecule has 21 heavy (non-hydrogen) atoms. The van der Waals surface area contributed by atoms with Crippen LogP contribution in [0.2, 0.25) is 0 Å². The minimum atomic E-state index is -0.468. The van der Waals surface area contributed by atoms with Gasteiger partial charge in [0, 0.05) is 4.88 Å². The van der Waals surface area contributed by atoms with Crippen molar-refractivity contribution in [3.63, 3.8) is 0 Å². The number of hydrogen-bond acceptors (Lipinski definition) is 3. The fourth-order valence-electron chi connectivity index (χ4n) is 2.50. The molecule has 2 amide bonds. The van der Waals surface area contributed by atoms with Gasteiger partial charge in [0.15, 0.2) is 0 Å². The molecule has 5 heteroatoms. The first-order chi connectivity index (χ1) is 10.2. The first-order valence-corrected chi connectivity index (χ1v) is 7.82. The van der Waals surface area contributed by atoms with E-state index in [4.69, 9.17) is 0 Å². The monoisotopic (exact) mass is 300 g/mol. The van der Waals surface area contributed by atoms with Crippen molar-refractivity contribution in [3.05, 3.63) is 52.2 Å². The Hall–Kier alpha value is -2.14. The largest absolute Gasteiger partial charge is 0.340 e. The predicted molar refractivity (Wildman–Crippen MR) is 83.5 cm³/mol. The Morgan fingerprint density at radius 1 is 1.19 bits per heavy atom. The number of nitrogens with zero attached hydrogens (tertiary/aromatic N) is 1. The number of rotatable bonds is 3. The van der Waals surface area contributed by atoms with Gasteiger partial charge in [0.2, 0.25) is 5.91 Å². The van der Waals surface area contributed by atoms with Crippen molar-refractivity contribution in [2.45, 2.75) is 25.9 Å². The Morgan fingerprint density at radius 3 is 2.71 bits per heavy atom. The Kier molecular flexibility index (Phi) is 3.75. The van der Waals surface area contributed by atoms with Gasteiger partial charge in [0.1, 0.15) is 6.04 Å². The van der Waals surface area contributed by atoms with Crippen LogP contribution in [0.4, 0.5) is 5.69 Å². The van der Waals surface area contributed by atoms with Crippen molar-refractivity contribution >= 4 is 28.8 Å². The second-order valence-corrected chi connectivity index (χ2v) is 5.99. The zero-order valence-corrected chi connectivity index (χ0v) is 12.5. The topological polar surface area (TPSA) is 49.4 Å². The molecule has 4 nitrogen and oxygen atoms in total. The highest BCUT2D eigenvalue weighted by Crippen LogP contribution is 2.27. The number of nitrogens with one attached hydrogen (secondary N) is 1.